The van der Waals surface area contributed by atoms with Gasteiger partial charge in [-0.3, -0.25) is 0 Å². The second kappa shape index (κ2) is 3.74. The maximum atomic E-state index is 12.9. The van der Waals surface area contributed by atoms with Crippen LogP contribution in [-0.2, 0) is 6.54 Å². The van der Waals surface area contributed by atoms with Crippen molar-refractivity contribution in [1.82, 2.24) is 0 Å². The van der Waals surface area contributed by atoms with Gasteiger partial charge in [0.15, 0.2) is 17.5 Å². The highest BCUT2D eigenvalue weighted by atomic mass is 35.5. The van der Waals surface area contributed by atoms with Gasteiger partial charge in [0.2, 0.25) is 0 Å². The Kier molecular flexibility index (Phi) is 3.05. The summed E-state index contributed by atoms with van der Waals surface area (Å²) in [5, 5.41) is -1.04. The maximum Gasteiger partial charge on any atom is 0.196 e. The average Bonchev–Trinajstić information content (AvgIpc) is 2.13. The Labute approximate surface area is 82.2 Å². The van der Waals surface area contributed by atoms with Gasteiger partial charge in [0.25, 0.3) is 0 Å². The van der Waals surface area contributed by atoms with E-state index in [4.69, 9.17) is 28.9 Å². The third-order valence-electron chi connectivity index (χ3n) is 1.50. The van der Waals surface area contributed by atoms with Gasteiger partial charge in [-0.1, -0.05) is 23.2 Å². The molecule has 1 nitrogen and oxygen atoms in total. The van der Waals surface area contributed by atoms with Crippen LogP contribution in [0.1, 0.15) is 5.56 Å². The monoisotopic (exact) mass is 229 g/mol. The first-order valence-electron chi connectivity index (χ1n) is 3.21. The van der Waals surface area contributed by atoms with Crippen LogP contribution in [0.15, 0.2) is 0 Å². The van der Waals surface area contributed by atoms with Crippen molar-refractivity contribution in [2.75, 3.05) is 0 Å². The van der Waals surface area contributed by atoms with Crippen molar-refractivity contribution in [2.24, 2.45) is 5.73 Å². The van der Waals surface area contributed by atoms with Crippen molar-refractivity contribution < 1.29 is 13.2 Å². The van der Waals surface area contributed by atoms with E-state index in [0.29, 0.717) is 0 Å². The Hall–Kier alpha value is -0.450. The Morgan fingerprint density at radius 2 is 1.46 bits per heavy atom. The smallest absolute Gasteiger partial charge is 0.196 e. The summed E-state index contributed by atoms with van der Waals surface area (Å²) in [6, 6.07) is 0. The fourth-order valence-electron chi connectivity index (χ4n) is 0.830. The molecule has 1 aromatic carbocycles. The van der Waals surface area contributed by atoms with E-state index in [2.05, 4.69) is 0 Å². The normalized spacial score (nSPS) is 10.6. The predicted molar refractivity (Wildman–Crippen MR) is 44.2 cm³/mol. The van der Waals surface area contributed by atoms with Crippen LogP contribution < -0.4 is 5.73 Å². The van der Waals surface area contributed by atoms with Gasteiger partial charge in [-0.25, -0.2) is 13.2 Å². The van der Waals surface area contributed by atoms with Crippen LogP contribution in [0.25, 0.3) is 0 Å². The van der Waals surface area contributed by atoms with E-state index in [9.17, 15) is 13.2 Å². The summed E-state index contributed by atoms with van der Waals surface area (Å²) < 4.78 is 38.2. The molecule has 1 aromatic rings. The van der Waals surface area contributed by atoms with E-state index < -0.39 is 22.5 Å². The molecule has 0 unspecified atom stereocenters. The summed E-state index contributed by atoms with van der Waals surface area (Å²) in [6.07, 6.45) is 0. The van der Waals surface area contributed by atoms with Crippen LogP contribution in [0.5, 0.6) is 0 Å². The number of nitrogens with two attached hydrogens (primary N) is 1. The number of rotatable bonds is 1. The minimum atomic E-state index is -1.66. The molecule has 0 saturated heterocycles. The lowest BCUT2D eigenvalue weighted by Gasteiger charge is -2.06. The summed E-state index contributed by atoms with van der Waals surface area (Å²) >= 11 is 10.7. The molecule has 0 spiro atoms. The molecule has 1 rings (SSSR count). The molecule has 0 saturated carbocycles. The fraction of sp³-hybridized carbons (Fsp3) is 0.143. The number of hydrogen-bond donors (Lipinski definition) is 1. The highest BCUT2D eigenvalue weighted by Crippen LogP contribution is 2.32. The summed E-state index contributed by atoms with van der Waals surface area (Å²) in [4.78, 5) is 0. The molecule has 0 radical (unpaired) electrons. The van der Waals surface area contributed by atoms with Crippen molar-refractivity contribution in [2.45, 2.75) is 6.54 Å². The Balaban J connectivity index is 3.56. The molecule has 2 N–H and O–H groups in total. The average molecular weight is 230 g/mol. The van der Waals surface area contributed by atoms with Crippen molar-refractivity contribution in [3.05, 3.63) is 33.1 Å². The lowest BCUT2D eigenvalue weighted by atomic mass is 10.2. The van der Waals surface area contributed by atoms with Gasteiger partial charge in [-0.15, -0.1) is 0 Å². The second-order valence-corrected chi connectivity index (χ2v) is 3.01. The first kappa shape index (κ1) is 10.6. The molecule has 72 valence electrons. The van der Waals surface area contributed by atoms with Crippen LogP contribution in [0.3, 0.4) is 0 Å². The van der Waals surface area contributed by atoms with Crippen LogP contribution in [0.4, 0.5) is 13.2 Å². The van der Waals surface area contributed by atoms with Crippen LogP contribution >= 0.6 is 23.2 Å². The van der Waals surface area contributed by atoms with E-state index in [1.54, 1.807) is 0 Å². The van der Waals surface area contributed by atoms with Gasteiger partial charge < -0.3 is 5.73 Å². The van der Waals surface area contributed by atoms with Crippen LogP contribution in [-0.4, -0.2) is 0 Å². The SMILES string of the molecule is NCc1c(F)c(F)c(F)c(Cl)c1Cl. The van der Waals surface area contributed by atoms with Gasteiger partial charge in [0.05, 0.1) is 10.0 Å². The largest absolute Gasteiger partial charge is 0.326 e. The lowest BCUT2D eigenvalue weighted by Crippen LogP contribution is -2.05. The van der Waals surface area contributed by atoms with Gasteiger partial charge in [-0.05, 0) is 0 Å². The molecule has 0 heterocycles. The molecule has 0 aliphatic heterocycles. The van der Waals surface area contributed by atoms with Crippen molar-refractivity contribution in [3.8, 4) is 0 Å². The topological polar surface area (TPSA) is 26.0 Å². The zero-order valence-corrected chi connectivity index (χ0v) is 7.69. The minimum Gasteiger partial charge on any atom is -0.326 e. The Morgan fingerprint density at radius 3 is 1.92 bits per heavy atom. The quantitative estimate of drug-likeness (QED) is 0.582. The second-order valence-electron chi connectivity index (χ2n) is 2.25. The van der Waals surface area contributed by atoms with E-state index in [1.165, 1.54) is 0 Å². The summed E-state index contributed by atoms with van der Waals surface area (Å²) in [5.74, 6) is -4.55. The molecule has 0 aromatic heterocycles. The lowest BCUT2D eigenvalue weighted by molar-refractivity contribution is 0.441. The molecule has 6 heteroatoms. The number of halogens is 5. The summed E-state index contributed by atoms with van der Waals surface area (Å²) in [6.45, 7) is -0.346. The Bertz CT molecular complexity index is 325. The molecule has 0 aliphatic carbocycles. The highest BCUT2D eigenvalue weighted by Gasteiger charge is 2.21. The number of hydrogen-bond acceptors (Lipinski definition) is 1. The van der Waals surface area contributed by atoms with Gasteiger partial charge in [0.1, 0.15) is 0 Å². The first-order valence-corrected chi connectivity index (χ1v) is 3.96. The van der Waals surface area contributed by atoms with Gasteiger partial charge >= 0.3 is 0 Å². The predicted octanol–water partition coefficient (Wildman–Crippen LogP) is 2.87. The van der Waals surface area contributed by atoms with Crippen molar-refractivity contribution in [1.29, 1.82) is 0 Å². The number of benzene rings is 1. The fourth-order valence-corrected chi connectivity index (χ4v) is 1.27. The summed E-state index contributed by atoms with van der Waals surface area (Å²) in [7, 11) is 0. The molecule has 0 fully saturated rings. The zero-order valence-electron chi connectivity index (χ0n) is 6.17. The summed E-state index contributed by atoms with van der Waals surface area (Å²) in [5.41, 5.74) is 4.74. The maximum absolute atomic E-state index is 12.9. The Morgan fingerprint density at radius 1 is 0.923 bits per heavy atom. The van der Waals surface area contributed by atoms with E-state index in [1.807, 2.05) is 0 Å². The first-order chi connectivity index (χ1) is 6.00. The third-order valence-corrected chi connectivity index (χ3v) is 2.37. The molecule has 0 bridgehead atoms. The minimum absolute atomic E-state index is 0.328. The zero-order chi connectivity index (χ0) is 10.2. The van der Waals surface area contributed by atoms with E-state index in [0.717, 1.165) is 0 Å². The van der Waals surface area contributed by atoms with E-state index in [-0.39, 0.29) is 17.1 Å². The van der Waals surface area contributed by atoms with Crippen LogP contribution in [0, 0.1) is 17.5 Å². The van der Waals surface area contributed by atoms with Crippen molar-refractivity contribution >= 4 is 23.2 Å². The van der Waals surface area contributed by atoms with E-state index >= 15 is 0 Å². The molecule has 0 atom stereocenters. The van der Waals surface area contributed by atoms with Gasteiger partial charge in [-0.2, -0.15) is 0 Å². The third kappa shape index (κ3) is 1.61. The van der Waals surface area contributed by atoms with Crippen LogP contribution in [0.2, 0.25) is 10.0 Å². The molecule has 0 amide bonds. The van der Waals surface area contributed by atoms with Gasteiger partial charge in [0, 0.05) is 12.1 Å². The molecular formula is C7H4Cl2F3N. The molecular weight excluding hydrogens is 226 g/mol. The standard InChI is InChI=1S/C7H4Cl2F3N/c8-3-2(1-13)5(10)7(12)6(11)4(3)9/h1,13H2. The molecule has 13 heavy (non-hydrogen) atoms. The van der Waals surface area contributed by atoms with Crippen molar-refractivity contribution in [3.63, 3.8) is 0 Å². The molecule has 0 aliphatic rings. The highest BCUT2D eigenvalue weighted by molar-refractivity contribution is 6.42.